The fourth-order valence-electron chi connectivity index (χ4n) is 4.44. The van der Waals surface area contributed by atoms with Crippen LogP contribution in [0.4, 0.5) is 14.7 Å². The summed E-state index contributed by atoms with van der Waals surface area (Å²) in [7, 11) is 1.09. The van der Waals surface area contributed by atoms with Crippen molar-refractivity contribution in [3.63, 3.8) is 0 Å². The van der Waals surface area contributed by atoms with Gasteiger partial charge >= 0.3 is 5.97 Å². The molecule has 2 heterocycles. The van der Waals surface area contributed by atoms with Gasteiger partial charge in [0.15, 0.2) is 0 Å². The number of hydrogen-bond acceptors (Lipinski definition) is 8. The van der Waals surface area contributed by atoms with E-state index < -0.39 is 41.0 Å². The van der Waals surface area contributed by atoms with E-state index in [4.69, 9.17) is 10.5 Å². The quantitative estimate of drug-likeness (QED) is 0.289. The Morgan fingerprint density at radius 3 is 2.36 bits per heavy atom. The molecule has 1 fully saturated rings. The Kier molecular flexibility index (Phi) is 10.9. The van der Waals surface area contributed by atoms with Gasteiger partial charge in [0.2, 0.25) is 11.9 Å². The standard InChI is InChI=1S/C27H35F2N5O5/c1-3-17-15-31-27(32-16-17)34-10-8-18(9-11-34)5-4-12-39-19-13-20(28)24(21(29)14-19)25(36)33-22(26(37)38-2)6-7-23(30)35/h13-16,18,22H,3-12H2,1-2H3,(H2,30,35)(H,33,36)/t22-/m0/s1. The van der Waals surface area contributed by atoms with Gasteiger partial charge in [0, 0.05) is 44.0 Å². The number of rotatable bonds is 13. The molecule has 12 heteroatoms. The van der Waals surface area contributed by atoms with Crippen LogP contribution in [-0.4, -0.2) is 60.6 Å². The van der Waals surface area contributed by atoms with E-state index in [2.05, 4.69) is 31.8 Å². The van der Waals surface area contributed by atoms with Gasteiger partial charge in [-0.1, -0.05) is 6.92 Å². The first-order valence-corrected chi connectivity index (χ1v) is 13.1. The molecule has 39 heavy (non-hydrogen) atoms. The molecule has 0 saturated carbocycles. The van der Waals surface area contributed by atoms with Gasteiger partial charge in [-0.3, -0.25) is 9.59 Å². The maximum Gasteiger partial charge on any atom is 0.328 e. The molecule has 0 bridgehead atoms. The highest BCUT2D eigenvalue weighted by Crippen LogP contribution is 2.25. The van der Waals surface area contributed by atoms with Crippen molar-refractivity contribution in [1.29, 1.82) is 0 Å². The van der Waals surface area contributed by atoms with Crippen LogP contribution in [0.5, 0.6) is 5.75 Å². The third-order valence-electron chi connectivity index (χ3n) is 6.74. The molecule has 3 N–H and O–H groups in total. The summed E-state index contributed by atoms with van der Waals surface area (Å²) in [6, 6.07) is 0.568. The molecule has 1 aromatic carbocycles. The summed E-state index contributed by atoms with van der Waals surface area (Å²) in [5.41, 5.74) is 5.31. The van der Waals surface area contributed by atoms with Crippen LogP contribution >= 0.6 is 0 Å². The number of primary amides is 1. The van der Waals surface area contributed by atoms with Crippen LogP contribution in [0, 0.1) is 17.6 Å². The van der Waals surface area contributed by atoms with E-state index in [0.717, 1.165) is 69.5 Å². The van der Waals surface area contributed by atoms with E-state index in [0.29, 0.717) is 12.3 Å². The number of ether oxygens (including phenoxy) is 2. The van der Waals surface area contributed by atoms with Gasteiger partial charge in [-0.05, 0) is 50.0 Å². The monoisotopic (exact) mass is 547 g/mol. The van der Waals surface area contributed by atoms with Gasteiger partial charge in [0.25, 0.3) is 5.91 Å². The highest BCUT2D eigenvalue weighted by Gasteiger charge is 2.27. The number of amides is 2. The molecule has 10 nitrogen and oxygen atoms in total. The second kappa shape index (κ2) is 14.4. The fourth-order valence-corrected chi connectivity index (χ4v) is 4.44. The van der Waals surface area contributed by atoms with E-state index in [1.807, 2.05) is 12.4 Å². The number of piperidine rings is 1. The van der Waals surface area contributed by atoms with Crippen molar-refractivity contribution < 1.29 is 32.6 Å². The number of methoxy groups -OCH3 is 1. The summed E-state index contributed by atoms with van der Waals surface area (Å²) in [5.74, 6) is -3.77. The van der Waals surface area contributed by atoms with Crippen LogP contribution < -0.4 is 20.7 Å². The van der Waals surface area contributed by atoms with Crippen molar-refractivity contribution in [2.45, 2.75) is 57.9 Å². The van der Waals surface area contributed by atoms with Crippen molar-refractivity contribution in [3.05, 3.63) is 47.3 Å². The van der Waals surface area contributed by atoms with Gasteiger partial charge in [0.05, 0.1) is 13.7 Å². The number of nitrogens with two attached hydrogens (primary N) is 1. The molecule has 0 unspecified atom stereocenters. The van der Waals surface area contributed by atoms with E-state index in [1.54, 1.807) is 0 Å². The summed E-state index contributed by atoms with van der Waals surface area (Å²) in [4.78, 5) is 46.5. The van der Waals surface area contributed by atoms with Crippen LogP contribution in [-0.2, 0) is 20.7 Å². The number of aromatic nitrogens is 2. The first-order chi connectivity index (χ1) is 18.7. The van der Waals surface area contributed by atoms with Crippen LogP contribution in [0.3, 0.4) is 0 Å². The summed E-state index contributed by atoms with van der Waals surface area (Å²) in [5, 5.41) is 2.19. The normalized spacial score (nSPS) is 14.5. The zero-order valence-electron chi connectivity index (χ0n) is 22.3. The first kappa shape index (κ1) is 29.7. The molecule has 0 radical (unpaired) electrons. The number of halogens is 2. The van der Waals surface area contributed by atoms with Crippen LogP contribution in [0.15, 0.2) is 24.5 Å². The topological polar surface area (TPSA) is 137 Å². The lowest BCUT2D eigenvalue weighted by molar-refractivity contribution is -0.143. The predicted octanol–water partition coefficient (Wildman–Crippen LogP) is 2.93. The highest BCUT2D eigenvalue weighted by molar-refractivity contribution is 5.97. The summed E-state index contributed by atoms with van der Waals surface area (Å²) >= 11 is 0. The molecule has 1 atom stereocenters. The molecule has 2 amide bonds. The molecule has 0 spiro atoms. The van der Waals surface area contributed by atoms with E-state index in [-0.39, 0.29) is 25.2 Å². The largest absolute Gasteiger partial charge is 0.493 e. The number of hydrogen-bond donors (Lipinski definition) is 2. The van der Waals surface area contributed by atoms with Crippen molar-refractivity contribution in [3.8, 4) is 5.75 Å². The minimum absolute atomic E-state index is 0.0395. The van der Waals surface area contributed by atoms with Crippen LogP contribution in [0.25, 0.3) is 0 Å². The highest BCUT2D eigenvalue weighted by atomic mass is 19.1. The predicted molar refractivity (Wildman–Crippen MR) is 139 cm³/mol. The maximum atomic E-state index is 14.6. The number of carbonyl (C=O) groups is 3. The molecule has 212 valence electrons. The Bertz CT molecular complexity index is 1120. The third-order valence-corrected chi connectivity index (χ3v) is 6.74. The number of benzene rings is 1. The lowest BCUT2D eigenvalue weighted by Gasteiger charge is -2.32. The summed E-state index contributed by atoms with van der Waals surface area (Å²) < 4.78 is 39.4. The molecule has 1 aromatic heterocycles. The fraction of sp³-hybridized carbons (Fsp3) is 0.519. The van der Waals surface area contributed by atoms with E-state index in [9.17, 15) is 23.2 Å². The molecule has 1 aliphatic rings. The van der Waals surface area contributed by atoms with E-state index >= 15 is 0 Å². The smallest absolute Gasteiger partial charge is 0.328 e. The van der Waals surface area contributed by atoms with Gasteiger partial charge < -0.3 is 25.4 Å². The lowest BCUT2D eigenvalue weighted by Crippen LogP contribution is -2.42. The third kappa shape index (κ3) is 8.59. The first-order valence-electron chi connectivity index (χ1n) is 13.1. The van der Waals surface area contributed by atoms with Gasteiger partial charge in [-0.2, -0.15) is 0 Å². The molecule has 1 saturated heterocycles. The number of aryl methyl sites for hydroxylation is 1. The lowest BCUT2D eigenvalue weighted by atomic mass is 9.92. The molecule has 3 rings (SSSR count). The van der Waals surface area contributed by atoms with Gasteiger partial charge in [0.1, 0.15) is 29.0 Å². The number of esters is 1. The SMILES string of the molecule is CCc1cnc(N2CCC(CCCOc3cc(F)c(C(=O)N[C@@H](CCC(N)=O)C(=O)OC)c(F)c3)CC2)nc1. The van der Waals surface area contributed by atoms with Crippen molar-refractivity contribution in [2.24, 2.45) is 11.7 Å². The summed E-state index contributed by atoms with van der Waals surface area (Å²) in [6.45, 7) is 4.08. The zero-order chi connectivity index (χ0) is 28.4. The second-order valence-electron chi connectivity index (χ2n) is 9.48. The molecule has 0 aliphatic carbocycles. The van der Waals surface area contributed by atoms with Gasteiger partial charge in [-0.15, -0.1) is 0 Å². The van der Waals surface area contributed by atoms with Crippen molar-refractivity contribution >= 4 is 23.7 Å². The average Bonchev–Trinajstić information content (AvgIpc) is 2.93. The maximum absolute atomic E-state index is 14.6. The second-order valence-corrected chi connectivity index (χ2v) is 9.48. The average molecular weight is 548 g/mol. The Labute approximate surface area is 226 Å². The Morgan fingerprint density at radius 1 is 1.15 bits per heavy atom. The number of nitrogens with one attached hydrogen (secondary N) is 1. The Hall–Kier alpha value is -3.83. The van der Waals surface area contributed by atoms with E-state index in [1.165, 1.54) is 0 Å². The van der Waals surface area contributed by atoms with Crippen molar-refractivity contribution in [2.75, 3.05) is 31.7 Å². The number of anilines is 1. The van der Waals surface area contributed by atoms with Crippen LogP contribution in [0.2, 0.25) is 0 Å². The molecular weight excluding hydrogens is 512 g/mol. The van der Waals surface area contributed by atoms with Gasteiger partial charge in [-0.25, -0.2) is 23.5 Å². The zero-order valence-corrected chi connectivity index (χ0v) is 22.3. The minimum Gasteiger partial charge on any atom is -0.493 e. The number of carbonyl (C=O) groups excluding carboxylic acids is 3. The summed E-state index contributed by atoms with van der Waals surface area (Å²) in [6.07, 6.45) is 7.85. The number of nitrogens with zero attached hydrogens (tertiary/aromatic N) is 3. The Balaban J connectivity index is 1.46. The van der Waals surface area contributed by atoms with Crippen molar-refractivity contribution in [1.82, 2.24) is 15.3 Å². The Morgan fingerprint density at radius 2 is 1.79 bits per heavy atom. The minimum atomic E-state index is -1.29. The molecular formula is C27H35F2N5O5. The molecule has 2 aromatic rings. The molecule has 1 aliphatic heterocycles. The van der Waals surface area contributed by atoms with Crippen LogP contribution in [0.1, 0.15) is 61.4 Å².